The Hall–Kier alpha value is -3.48. The summed E-state index contributed by atoms with van der Waals surface area (Å²) in [6, 6.07) is 16.9. The highest BCUT2D eigenvalue weighted by Crippen LogP contribution is 2.20. The Kier molecular flexibility index (Phi) is 4.65. The summed E-state index contributed by atoms with van der Waals surface area (Å²) in [5.41, 5.74) is 2.65. The third kappa shape index (κ3) is 3.44. The molecule has 136 valence electrons. The minimum absolute atomic E-state index is 0.105. The maximum atomic E-state index is 12.7. The molecule has 7 nitrogen and oxygen atoms in total. The van der Waals surface area contributed by atoms with Crippen molar-refractivity contribution in [2.24, 2.45) is 0 Å². The highest BCUT2D eigenvalue weighted by Gasteiger charge is 2.20. The zero-order valence-electron chi connectivity index (χ0n) is 14.9. The van der Waals surface area contributed by atoms with Crippen LogP contribution in [0, 0.1) is 0 Å². The van der Waals surface area contributed by atoms with E-state index in [2.05, 4.69) is 20.4 Å². The monoisotopic (exact) mass is 361 g/mol. The van der Waals surface area contributed by atoms with Crippen molar-refractivity contribution in [3.8, 4) is 11.5 Å². The van der Waals surface area contributed by atoms with Crippen molar-refractivity contribution in [3.63, 3.8) is 0 Å². The third-order valence-corrected chi connectivity index (χ3v) is 4.42. The van der Waals surface area contributed by atoms with E-state index in [0.717, 1.165) is 16.6 Å². The smallest absolute Gasteiger partial charge is 0.257 e. The number of fused-ring (bicyclic) bond motifs is 1. The van der Waals surface area contributed by atoms with E-state index in [1.54, 1.807) is 6.33 Å². The molecule has 0 aliphatic carbocycles. The number of para-hydroxylation sites is 2. The van der Waals surface area contributed by atoms with Crippen molar-refractivity contribution in [2.45, 2.75) is 25.9 Å². The molecular formula is C20H19N5O2. The molecule has 0 bridgehead atoms. The Morgan fingerprint density at radius 3 is 2.74 bits per heavy atom. The molecule has 0 radical (unpaired) electrons. The van der Waals surface area contributed by atoms with E-state index in [-0.39, 0.29) is 18.5 Å². The molecule has 2 aromatic carbocycles. The van der Waals surface area contributed by atoms with Crippen LogP contribution in [-0.2, 0) is 11.3 Å². The highest BCUT2D eigenvalue weighted by atomic mass is 16.5. The number of carbonyl (C=O) groups is 1. The van der Waals surface area contributed by atoms with Gasteiger partial charge < -0.3 is 14.4 Å². The van der Waals surface area contributed by atoms with Crippen molar-refractivity contribution in [1.29, 1.82) is 0 Å². The van der Waals surface area contributed by atoms with E-state index < -0.39 is 0 Å². The summed E-state index contributed by atoms with van der Waals surface area (Å²) < 4.78 is 7.17. The van der Waals surface area contributed by atoms with Crippen LogP contribution in [0.15, 0.2) is 65.4 Å². The summed E-state index contributed by atoms with van der Waals surface area (Å²) in [5, 5.41) is 6.84. The van der Waals surface area contributed by atoms with Gasteiger partial charge in [0.1, 0.15) is 6.04 Å². The van der Waals surface area contributed by atoms with Gasteiger partial charge in [-0.05, 0) is 30.7 Å². The van der Waals surface area contributed by atoms with E-state index in [0.29, 0.717) is 18.1 Å². The number of benzene rings is 2. The maximum Gasteiger partial charge on any atom is 0.257 e. The Labute approximate surface area is 156 Å². The normalized spacial score (nSPS) is 12.2. The molecule has 1 atom stereocenters. The number of aromatic nitrogens is 4. The molecule has 2 aromatic heterocycles. The average Bonchev–Trinajstić information content (AvgIpc) is 3.35. The van der Waals surface area contributed by atoms with E-state index in [9.17, 15) is 4.79 Å². The first-order valence-electron chi connectivity index (χ1n) is 8.83. The number of hydrogen-bond acceptors (Lipinski definition) is 5. The Morgan fingerprint density at radius 2 is 1.93 bits per heavy atom. The topological polar surface area (TPSA) is 85.8 Å². The van der Waals surface area contributed by atoms with Gasteiger partial charge in [0, 0.05) is 5.56 Å². The molecule has 0 saturated carbocycles. The van der Waals surface area contributed by atoms with Gasteiger partial charge in [-0.15, -0.1) is 0 Å². The Balaban J connectivity index is 1.46. The molecule has 2 heterocycles. The van der Waals surface area contributed by atoms with Crippen LogP contribution in [0.3, 0.4) is 0 Å². The molecule has 4 rings (SSSR count). The zero-order chi connectivity index (χ0) is 18.6. The summed E-state index contributed by atoms with van der Waals surface area (Å²) in [7, 11) is 0. The summed E-state index contributed by atoms with van der Waals surface area (Å²) in [6.07, 6.45) is 2.36. The highest BCUT2D eigenvalue weighted by molar-refractivity contribution is 5.83. The average molecular weight is 361 g/mol. The number of amides is 1. The van der Waals surface area contributed by atoms with Crippen LogP contribution in [0.1, 0.15) is 25.2 Å². The Morgan fingerprint density at radius 1 is 1.15 bits per heavy atom. The van der Waals surface area contributed by atoms with Crippen molar-refractivity contribution in [2.75, 3.05) is 0 Å². The second-order valence-corrected chi connectivity index (χ2v) is 6.16. The standard InChI is InChI=1S/C20H19N5O2/c1-2-16(25-13-22-15-10-6-7-11-17(15)25)19(26)21-12-18-23-20(27-24-18)14-8-4-3-5-9-14/h3-11,13,16H,2,12H2,1H3,(H,21,26)/t16-/m0/s1. The number of imidazole rings is 1. The molecule has 0 saturated heterocycles. The van der Waals surface area contributed by atoms with E-state index in [4.69, 9.17) is 4.52 Å². The van der Waals surface area contributed by atoms with Crippen LogP contribution < -0.4 is 5.32 Å². The minimum atomic E-state index is -0.349. The molecule has 27 heavy (non-hydrogen) atoms. The van der Waals surface area contributed by atoms with Crippen LogP contribution in [-0.4, -0.2) is 25.6 Å². The van der Waals surface area contributed by atoms with Gasteiger partial charge >= 0.3 is 0 Å². The zero-order valence-corrected chi connectivity index (χ0v) is 14.9. The first-order valence-corrected chi connectivity index (χ1v) is 8.83. The molecule has 0 unspecified atom stereocenters. The lowest BCUT2D eigenvalue weighted by atomic mass is 10.2. The van der Waals surface area contributed by atoms with Gasteiger partial charge in [0.25, 0.3) is 5.89 Å². The van der Waals surface area contributed by atoms with Gasteiger partial charge in [-0.3, -0.25) is 4.79 Å². The fraction of sp³-hybridized carbons (Fsp3) is 0.200. The van der Waals surface area contributed by atoms with Gasteiger partial charge in [-0.25, -0.2) is 4.98 Å². The second-order valence-electron chi connectivity index (χ2n) is 6.16. The second kappa shape index (κ2) is 7.41. The molecule has 1 amide bonds. The predicted molar refractivity (Wildman–Crippen MR) is 101 cm³/mol. The van der Waals surface area contributed by atoms with Crippen molar-refractivity contribution in [3.05, 3.63) is 66.7 Å². The third-order valence-electron chi connectivity index (χ3n) is 4.42. The van der Waals surface area contributed by atoms with Crippen LogP contribution in [0.2, 0.25) is 0 Å². The molecular weight excluding hydrogens is 342 g/mol. The molecule has 0 fully saturated rings. The number of rotatable bonds is 6. The molecule has 1 N–H and O–H groups in total. The van der Waals surface area contributed by atoms with Crippen LogP contribution >= 0.6 is 0 Å². The quantitative estimate of drug-likeness (QED) is 0.569. The fourth-order valence-electron chi connectivity index (χ4n) is 3.04. The predicted octanol–water partition coefficient (Wildman–Crippen LogP) is 3.35. The van der Waals surface area contributed by atoms with Gasteiger partial charge in [-0.2, -0.15) is 4.98 Å². The molecule has 0 spiro atoms. The molecule has 0 aliphatic heterocycles. The lowest BCUT2D eigenvalue weighted by Gasteiger charge is -2.16. The van der Waals surface area contributed by atoms with E-state index in [1.165, 1.54) is 0 Å². The number of nitrogens with zero attached hydrogens (tertiary/aromatic N) is 4. The number of hydrogen-bond donors (Lipinski definition) is 1. The van der Waals surface area contributed by atoms with Gasteiger partial charge in [-0.1, -0.05) is 42.4 Å². The summed E-state index contributed by atoms with van der Waals surface area (Å²) in [4.78, 5) is 21.4. The number of carbonyl (C=O) groups excluding carboxylic acids is 1. The van der Waals surface area contributed by atoms with E-state index in [1.807, 2.05) is 66.1 Å². The maximum absolute atomic E-state index is 12.7. The molecule has 4 aromatic rings. The van der Waals surface area contributed by atoms with Crippen LogP contribution in [0.25, 0.3) is 22.5 Å². The summed E-state index contributed by atoms with van der Waals surface area (Å²) in [6.45, 7) is 2.18. The van der Waals surface area contributed by atoms with Crippen molar-refractivity contribution < 1.29 is 9.32 Å². The molecule has 7 heteroatoms. The Bertz CT molecular complexity index is 1050. The first kappa shape index (κ1) is 17.0. The first-order chi connectivity index (χ1) is 13.3. The van der Waals surface area contributed by atoms with Crippen molar-refractivity contribution >= 4 is 16.9 Å². The summed E-state index contributed by atoms with van der Waals surface area (Å²) in [5.74, 6) is 0.770. The SMILES string of the molecule is CC[C@@H](C(=O)NCc1noc(-c2ccccc2)n1)n1cnc2ccccc21. The minimum Gasteiger partial charge on any atom is -0.347 e. The van der Waals surface area contributed by atoms with Crippen LogP contribution in [0.4, 0.5) is 0 Å². The summed E-state index contributed by atoms with van der Waals surface area (Å²) >= 11 is 0. The lowest BCUT2D eigenvalue weighted by molar-refractivity contribution is -0.124. The van der Waals surface area contributed by atoms with Gasteiger partial charge in [0.15, 0.2) is 5.82 Å². The molecule has 0 aliphatic rings. The number of nitrogens with one attached hydrogen (secondary N) is 1. The van der Waals surface area contributed by atoms with Gasteiger partial charge in [0.05, 0.1) is 23.9 Å². The van der Waals surface area contributed by atoms with E-state index >= 15 is 0 Å². The largest absolute Gasteiger partial charge is 0.347 e. The fourth-order valence-corrected chi connectivity index (χ4v) is 3.04. The van der Waals surface area contributed by atoms with Gasteiger partial charge in [0.2, 0.25) is 5.91 Å². The van der Waals surface area contributed by atoms with Crippen LogP contribution in [0.5, 0.6) is 0 Å². The lowest BCUT2D eigenvalue weighted by Crippen LogP contribution is -2.32. The van der Waals surface area contributed by atoms with Crippen molar-refractivity contribution in [1.82, 2.24) is 25.0 Å².